The highest BCUT2D eigenvalue weighted by Crippen LogP contribution is 2.31. The quantitative estimate of drug-likeness (QED) is 0.427. The minimum Gasteiger partial charge on any atom is -0.497 e. The molecule has 0 spiro atoms. The van der Waals surface area contributed by atoms with E-state index in [0.29, 0.717) is 5.75 Å². The fourth-order valence-electron chi connectivity index (χ4n) is 4.28. The molecule has 0 unspecified atom stereocenters. The molecule has 0 aliphatic carbocycles. The van der Waals surface area contributed by atoms with Gasteiger partial charge in [-0.25, -0.2) is 8.42 Å². The number of aliphatic hydroxyl groups is 1. The van der Waals surface area contributed by atoms with Crippen LogP contribution < -0.4 is 14.8 Å². The molecule has 0 saturated carbocycles. The maximum absolute atomic E-state index is 13.5. The lowest BCUT2D eigenvalue weighted by molar-refractivity contribution is -0.142. The van der Waals surface area contributed by atoms with Crippen LogP contribution >= 0.6 is 0 Å². The van der Waals surface area contributed by atoms with Gasteiger partial charge in [0.2, 0.25) is 15.9 Å². The van der Waals surface area contributed by atoms with Crippen LogP contribution in [0.5, 0.6) is 11.5 Å². The summed E-state index contributed by atoms with van der Waals surface area (Å²) in [6.07, 6.45) is -7.30. The number of hydrogen-bond acceptors (Lipinski definition) is 7. The predicted molar refractivity (Wildman–Crippen MR) is 144 cm³/mol. The van der Waals surface area contributed by atoms with Crippen molar-refractivity contribution >= 4 is 27.5 Å². The zero-order valence-electron chi connectivity index (χ0n) is 23.1. The fourth-order valence-corrected chi connectivity index (χ4v) is 5.46. The predicted octanol–water partition coefficient (Wildman–Crippen LogP) is 3.52. The van der Waals surface area contributed by atoms with Gasteiger partial charge in [-0.05, 0) is 49.4 Å². The molecule has 0 aromatic heterocycles. The fraction of sp³-hybridized carbons (Fsp3) is 0.481. The van der Waals surface area contributed by atoms with Gasteiger partial charge >= 0.3 is 6.18 Å². The van der Waals surface area contributed by atoms with E-state index < -0.39 is 53.0 Å². The van der Waals surface area contributed by atoms with Crippen molar-refractivity contribution in [2.75, 3.05) is 39.2 Å². The number of carbonyl (C=O) groups excluding carboxylic acids is 2. The third kappa shape index (κ3) is 8.11. The topological polar surface area (TPSA) is 125 Å². The molecule has 2 N–H and O–H groups in total. The average Bonchev–Trinajstić information content (AvgIpc) is 2.93. The van der Waals surface area contributed by atoms with E-state index in [1.165, 1.54) is 61.5 Å². The summed E-state index contributed by atoms with van der Waals surface area (Å²) in [4.78, 5) is 27.1. The van der Waals surface area contributed by atoms with Crippen molar-refractivity contribution in [2.24, 2.45) is 5.92 Å². The van der Waals surface area contributed by atoms with Gasteiger partial charge in [0.15, 0.2) is 0 Å². The standard InChI is InChI=1S/C27H34F3N3O7S/c1-17-14-33(18(2)16-34)26(36)22-13-19(31-25(35)11-12-27(28,29)30)5-10-23(22)40-24(17)15-32(3)41(37,38)21-8-6-20(39-4)7-9-21/h5-10,13,17-18,24,34H,11-12,14-16H2,1-4H3,(H,31,35)/t17-,18+,24-/m1/s1. The number of fused-ring (bicyclic) bond motifs is 1. The van der Waals surface area contributed by atoms with Gasteiger partial charge < -0.3 is 24.8 Å². The number of likely N-dealkylation sites (N-methyl/N-ethyl adjacent to an activating group) is 1. The van der Waals surface area contributed by atoms with Gasteiger partial charge in [-0.2, -0.15) is 17.5 Å². The molecule has 3 rings (SSSR count). The molecule has 3 atom stereocenters. The van der Waals surface area contributed by atoms with E-state index in [1.54, 1.807) is 13.8 Å². The summed E-state index contributed by atoms with van der Waals surface area (Å²) in [6.45, 7) is 3.12. The highest BCUT2D eigenvalue weighted by Gasteiger charge is 2.35. The molecule has 1 aliphatic rings. The normalized spacial score (nSPS) is 18.7. The first-order valence-corrected chi connectivity index (χ1v) is 14.3. The number of sulfonamides is 1. The molecule has 1 aliphatic heterocycles. The molecule has 14 heteroatoms. The van der Waals surface area contributed by atoms with Crippen LogP contribution in [0.3, 0.4) is 0 Å². The second kappa shape index (κ2) is 13.1. The largest absolute Gasteiger partial charge is 0.497 e. The summed E-state index contributed by atoms with van der Waals surface area (Å²) in [7, 11) is -1.04. The number of aliphatic hydroxyl groups excluding tert-OH is 1. The van der Waals surface area contributed by atoms with E-state index in [0.717, 1.165) is 4.31 Å². The van der Waals surface area contributed by atoms with Crippen LogP contribution in [-0.4, -0.2) is 86.7 Å². The third-order valence-corrected chi connectivity index (χ3v) is 8.63. The minimum atomic E-state index is -4.49. The Morgan fingerprint density at radius 3 is 2.49 bits per heavy atom. The Bertz CT molecular complexity index is 1340. The maximum Gasteiger partial charge on any atom is 0.389 e. The second-order valence-corrected chi connectivity index (χ2v) is 12.0. The lowest BCUT2D eigenvalue weighted by Gasteiger charge is -2.38. The van der Waals surface area contributed by atoms with Crippen molar-refractivity contribution in [3.63, 3.8) is 0 Å². The van der Waals surface area contributed by atoms with Crippen LogP contribution in [0.15, 0.2) is 47.4 Å². The van der Waals surface area contributed by atoms with Gasteiger partial charge in [0, 0.05) is 31.6 Å². The summed E-state index contributed by atoms with van der Waals surface area (Å²) in [5, 5.41) is 12.2. The number of anilines is 1. The number of rotatable bonds is 10. The van der Waals surface area contributed by atoms with Crippen LogP contribution in [0, 0.1) is 5.92 Å². The molecule has 226 valence electrons. The van der Waals surface area contributed by atoms with E-state index in [2.05, 4.69) is 5.32 Å². The lowest BCUT2D eigenvalue weighted by Crippen LogP contribution is -2.50. The number of nitrogens with zero attached hydrogens (tertiary/aromatic N) is 2. The summed E-state index contributed by atoms with van der Waals surface area (Å²) in [6, 6.07) is 9.39. The average molecular weight is 602 g/mol. The first kappa shape index (κ1) is 32.2. The number of methoxy groups -OCH3 is 1. The van der Waals surface area contributed by atoms with Gasteiger partial charge in [-0.3, -0.25) is 9.59 Å². The van der Waals surface area contributed by atoms with Gasteiger partial charge in [-0.15, -0.1) is 0 Å². The molecular weight excluding hydrogens is 567 g/mol. The molecule has 2 amide bonds. The van der Waals surface area contributed by atoms with Gasteiger partial charge in [0.25, 0.3) is 5.91 Å². The number of alkyl halides is 3. The van der Waals surface area contributed by atoms with Crippen molar-refractivity contribution in [1.82, 2.24) is 9.21 Å². The number of ether oxygens (including phenoxy) is 2. The SMILES string of the molecule is COc1ccc(S(=O)(=O)N(C)C[C@H]2Oc3ccc(NC(=O)CCC(F)(F)F)cc3C(=O)N([C@@H](C)CO)C[C@H]2C)cc1. The zero-order valence-corrected chi connectivity index (χ0v) is 24.0. The van der Waals surface area contributed by atoms with Gasteiger partial charge in [0.05, 0.1) is 43.2 Å². The van der Waals surface area contributed by atoms with Crippen molar-refractivity contribution in [3.8, 4) is 11.5 Å². The number of carbonyl (C=O) groups is 2. The van der Waals surface area contributed by atoms with Crippen LogP contribution in [0.1, 0.15) is 37.0 Å². The molecule has 1 heterocycles. The monoisotopic (exact) mass is 601 g/mol. The second-order valence-electron chi connectivity index (χ2n) is 9.96. The third-order valence-electron chi connectivity index (χ3n) is 6.79. The zero-order chi connectivity index (χ0) is 30.5. The highest BCUT2D eigenvalue weighted by atomic mass is 32.2. The molecule has 0 saturated heterocycles. The number of amides is 2. The van der Waals surface area contributed by atoms with Crippen molar-refractivity contribution in [1.29, 1.82) is 0 Å². The smallest absolute Gasteiger partial charge is 0.389 e. The van der Waals surface area contributed by atoms with E-state index in [4.69, 9.17) is 9.47 Å². The molecular formula is C27H34F3N3O7S. The van der Waals surface area contributed by atoms with E-state index in [1.807, 2.05) is 0 Å². The van der Waals surface area contributed by atoms with Crippen molar-refractivity contribution in [3.05, 3.63) is 48.0 Å². The number of halogens is 3. The molecule has 0 bridgehead atoms. The molecule has 10 nitrogen and oxygen atoms in total. The molecule has 41 heavy (non-hydrogen) atoms. The Hall–Kier alpha value is -3.36. The first-order chi connectivity index (χ1) is 19.2. The van der Waals surface area contributed by atoms with Crippen LogP contribution in [0.2, 0.25) is 0 Å². The Morgan fingerprint density at radius 1 is 1.24 bits per heavy atom. The van der Waals surface area contributed by atoms with E-state index in [9.17, 15) is 36.3 Å². The summed E-state index contributed by atoms with van der Waals surface area (Å²) >= 11 is 0. The minimum absolute atomic E-state index is 0.0106. The van der Waals surface area contributed by atoms with E-state index >= 15 is 0 Å². The number of hydrogen-bond donors (Lipinski definition) is 2. The first-order valence-electron chi connectivity index (χ1n) is 12.9. The molecule has 0 fully saturated rings. The summed E-state index contributed by atoms with van der Waals surface area (Å²) < 4.78 is 76.5. The van der Waals surface area contributed by atoms with Crippen LogP contribution in [0.4, 0.5) is 18.9 Å². The van der Waals surface area contributed by atoms with Crippen molar-refractivity contribution < 1.29 is 45.8 Å². The molecule has 0 radical (unpaired) electrons. The van der Waals surface area contributed by atoms with Gasteiger partial charge in [0.1, 0.15) is 17.6 Å². The summed E-state index contributed by atoms with van der Waals surface area (Å²) in [5.41, 5.74) is 0.102. The van der Waals surface area contributed by atoms with Crippen LogP contribution in [-0.2, 0) is 14.8 Å². The molecule has 2 aromatic rings. The van der Waals surface area contributed by atoms with Crippen LogP contribution in [0.25, 0.3) is 0 Å². The lowest BCUT2D eigenvalue weighted by atomic mass is 9.99. The Labute approximate surface area is 237 Å². The molecule has 2 aromatic carbocycles. The van der Waals surface area contributed by atoms with E-state index in [-0.39, 0.29) is 47.5 Å². The summed E-state index contributed by atoms with van der Waals surface area (Å²) in [5.74, 6) is -1.17. The highest BCUT2D eigenvalue weighted by molar-refractivity contribution is 7.89. The number of nitrogens with one attached hydrogen (secondary N) is 1. The Kier molecular flexibility index (Phi) is 10.3. The van der Waals surface area contributed by atoms with Crippen molar-refractivity contribution in [2.45, 2.75) is 49.9 Å². The Balaban J connectivity index is 1.90. The maximum atomic E-state index is 13.5. The van der Waals surface area contributed by atoms with Gasteiger partial charge in [-0.1, -0.05) is 6.92 Å². The number of benzene rings is 2. The Morgan fingerprint density at radius 2 is 1.90 bits per heavy atom.